The lowest BCUT2D eigenvalue weighted by molar-refractivity contribution is 0.128. The van der Waals surface area contributed by atoms with E-state index in [1.54, 1.807) is 22.2 Å². The monoisotopic (exact) mass is 368 g/mol. The van der Waals surface area contributed by atoms with Crippen LogP contribution in [0.5, 0.6) is 0 Å². The van der Waals surface area contributed by atoms with Gasteiger partial charge in [0.2, 0.25) is 0 Å². The third-order valence-electron chi connectivity index (χ3n) is 4.14. The third kappa shape index (κ3) is 3.60. The molecule has 1 aliphatic rings. The van der Waals surface area contributed by atoms with Crippen molar-refractivity contribution in [3.05, 3.63) is 57.4 Å². The maximum absolute atomic E-state index is 5.99. The molecule has 0 spiro atoms. The van der Waals surface area contributed by atoms with Gasteiger partial charge in [0.05, 0.1) is 16.4 Å². The van der Waals surface area contributed by atoms with E-state index in [1.807, 2.05) is 37.4 Å². The number of hydrogen-bond acceptors (Lipinski definition) is 6. The van der Waals surface area contributed by atoms with Crippen molar-refractivity contribution in [3.8, 4) is 5.82 Å². The van der Waals surface area contributed by atoms with Gasteiger partial charge in [-0.05, 0) is 44.9 Å². The molecular formula is C18H20N6OS. The molecule has 1 aliphatic carbocycles. The van der Waals surface area contributed by atoms with Crippen LogP contribution in [0.25, 0.3) is 5.82 Å². The van der Waals surface area contributed by atoms with Crippen LogP contribution in [0.2, 0.25) is 0 Å². The second-order valence-corrected chi connectivity index (χ2v) is 7.33. The number of oxime groups is 1. The van der Waals surface area contributed by atoms with Crippen LogP contribution in [0, 0.1) is 13.8 Å². The van der Waals surface area contributed by atoms with Crippen LogP contribution < -0.4 is 5.73 Å². The molecule has 7 nitrogen and oxygen atoms in total. The number of aryl methyl sites for hydroxylation is 2. The minimum atomic E-state index is 0.287. The average Bonchev–Trinajstić information content (AvgIpc) is 3.29. The second kappa shape index (κ2) is 6.87. The van der Waals surface area contributed by atoms with Crippen molar-refractivity contribution < 1.29 is 4.84 Å². The third-order valence-corrected chi connectivity index (χ3v) is 5.20. The maximum atomic E-state index is 5.99. The van der Waals surface area contributed by atoms with Gasteiger partial charge in [-0.1, -0.05) is 5.16 Å². The number of amidine groups is 1. The van der Waals surface area contributed by atoms with E-state index in [1.165, 1.54) is 17.8 Å². The fourth-order valence-corrected chi connectivity index (χ4v) is 3.63. The zero-order valence-corrected chi connectivity index (χ0v) is 15.5. The number of nitrogens with zero attached hydrogens (tertiary/aromatic N) is 5. The molecule has 1 fully saturated rings. The maximum Gasteiger partial charge on any atom is 0.171 e. The Kier molecular flexibility index (Phi) is 4.42. The fraction of sp³-hybridized carbons (Fsp3) is 0.333. The molecule has 3 aromatic rings. The van der Waals surface area contributed by atoms with Crippen LogP contribution in [-0.2, 0) is 11.4 Å². The molecule has 8 heteroatoms. The summed E-state index contributed by atoms with van der Waals surface area (Å²) in [6.07, 6.45) is 4.17. The summed E-state index contributed by atoms with van der Waals surface area (Å²) in [7, 11) is 0. The first-order valence-electron chi connectivity index (χ1n) is 8.50. The van der Waals surface area contributed by atoms with Gasteiger partial charge in [-0.25, -0.2) is 14.6 Å². The molecule has 2 N–H and O–H groups in total. The summed E-state index contributed by atoms with van der Waals surface area (Å²) >= 11 is 1.69. The van der Waals surface area contributed by atoms with Gasteiger partial charge >= 0.3 is 0 Å². The Morgan fingerprint density at radius 1 is 1.38 bits per heavy atom. The van der Waals surface area contributed by atoms with Crippen molar-refractivity contribution >= 4 is 17.2 Å². The van der Waals surface area contributed by atoms with Crippen molar-refractivity contribution in [2.75, 3.05) is 0 Å². The first-order chi connectivity index (χ1) is 12.6. The molecule has 0 aliphatic heterocycles. The molecule has 0 amide bonds. The first-order valence-corrected chi connectivity index (χ1v) is 9.38. The second-order valence-electron chi connectivity index (χ2n) is 6.45. The molecule has 26 heavy (non-hydrogen) atoms. The summed E-state index contributed by atoms with van der Waals surface area (Å²) in [4.78, 5) is 14.3. The SMILES string of the molecule is Cc1cc(C)n(-c2ccc(/C(N)=N/OCc3csc(C4CC4)n3)cn2)n1. The van der Waals surface area contributed by atoms with Gasteiger partial charge < -0.3 is 10.6 Å². The Balaban J connectivity index is 1.39. The molecule has 4 rings (SSSR count). The highest BCUT2D eigenvalue weighted by molar-refractivity contribution is 7.09. The Morgan fingerprint density at radius 3 is 2.88 bits per heavy atom. The summed E-state index contributed by atoms with van der Waals surface area (Å²) in [5.41, 5.74) is 9.57. The highest BCUT2D eigenvalue weighted by Gasteiger charge is 2.26. The topological polar surface area (TPSA) is 91.2 Å². The van der Waals surface area contributed by atoms with E-state index in [0.29, 0.717) is 18.1 Å². The van der Waals surface area contributed by atoms with E-state index in [-0.39, 0.29) is 5.84 Å². The number of nitrogens with two attached hydrogens (primary N) is 1. The number of rotatable bonds is 6. The van der Waals surface area contributed by atoms with Gasteiger partial charge in [0.25, 0.3) is 0 Å². The average molecular weight is 368 g/mol. The lowest BCUT2D eigenvalue weighted by Crippen LogP contribution is -2.15. The molecule has 0 bridgehead atoms. The van der Waals surface area contributed by atoms with Crippen molar-refractivity contribution in [3.63, 3.8) is 0 Å². The zero-order valence-electron chi connectivity index (χ0n) is 14.7. The number of aromatic nitrogens is 4. The summed E-state index contributed by atoms with van der Waals surface area (Å²) in [5, 5.41) is 11.6. The highest BCUT2D eigenvalue weighted by Crippen LogP contribution is 2.41. The molecule has 0 unspecified atom stereocenters. The van der Waals surface area contributed by atoms with Crippen molar-refractivity contribution in [2.24, 2.45) is 10.9 Å². The number of pyridine rings is 1. The normalized spacial score (nSPS) is 14.6. The Bertz CT molecular complexity index is 939. The van der Waals surface area contributed by atoms with Crippen LogP contribution in [0.4, 0.5) is 0 Å². The summed E-state index contributed by atoms with van der Waals surface area (Å²) in [5.74, 6) is 1.69. The Morgan fingerprint density at radius 2 is 2.23 bits per heavy atom. The van der Waals surface area contributed by atoms with Gasteiger partial charge in [0.15, 0.2) is 18.3 Å². The predicted octanol–water partition coefficient (Wildman–Crippen LogP) is 3.06. The van der Waals surface area contributed by atoms with Crippen LogP contribution in [-0.4, -0.2) is 25.6 Å². The van der Waals surface area contributed by atoms with Crippen LogP contribution >= 0.6 is 11.3 Å². The Labute approximate surface area is 155 Å². The van der Waals surface area contributed by atoms with E-state index in [4.69, 9.17) is 10.6 Å². The van der Waals surface area contributed by atoms with Gasteiger partial charge in [0.1, 0.15) is 0 Å². The largest absolute Gasteiger partial charge is 0.388 e. The van der Waals surface area contributed by atoms with Crippen LogP contribution in [0.1, 0.15) is 46.4 Å². The Hall–Kier alpha value is -2.74. The van der Waals surface area contributed by atoms with Crippen LogP contribution in [0.15, 0.2) is 34.9 Å². The molecule has 1 saturated carbocycles. The fourth-order valence-electron chi connectivity index (χ4n) is 2.65. The lowest BCUT2D eigenvalue weighted by Gasteiger charge is -2.05. The van der Waals surface area contributed by atoms with Crippen molar-refractivity contribution in [1.29, 1.82) is 0 Å². The first kappa shape index (κ1) is 16.7. The predicted molar refractivity (Wildman–Crippen MR) is 100 cm³/mol. The van der Waals surface area contributed by atoms with Crippen LogP contribution in [0.3, 0.4) is 0 Å². The zero-order chi connectivity index (χ0) is 18.1. The smallest absolute Gasteiger partial charge is 0.171 e. The summed E-state index contributed by atoms with van der Waals surface area (Å²) < 4.78 is 1.79. The molecule has 0 saturated heterocycles. The molecule has 0 atom stereocenters. The minimum Gasteiger partial charge on any atom is -0.388 e. The highest BCUT2D eigenvalue weighted by atomic mass is 32.1. The van der Waals surface area contributed by atoms with Gasteiger partial charge in [0, 0.05) is 28.8 Å². The standard InChI is InChI=1S/C18H20N6OS/c1-11-7-12(2)24(22-11)16-6-5-14(8-20-16)17(19)23-25-9-15-10-26-18(21-15)13-3-4-13/h5-8,10,13H,3-4,9H2,1-2H3,(H2,19,23). The molecule has 0 aromatic carbocycles. The van der Waals surface area contributed by atoms with E-state index < -0.39 is 0 Å². The van der Waals surface area contributed by atoms with E-state index in [9.17, 15) is 0 Å². The summed E-state index contributed by atoms with van der Waals surface area (Å²) in [6, 6.07) is 5.72. The molecular weight excluding hydrogens is 348 g/mol. The minimum absolute atomic E-state index is 0.287. The molecule has 0 radical (unpaired) electrons. The van der Waals surface area contributed by atoms with E-state index >= 15 is 0 Å². The molecule has 3 aromatic heterocycles. The van der Waals surface area contributed by atoms with Crippen molar-refractivity contribution in [2.45, 2.75) is 39.2 Å². The van der Waals surface area contributed by atoms with Gasteiger partial charge in [-0.3, -0.25) is 0 Å². The summed E-state index contributed by atoms with van der Waals surface area (Å²) in [6.45, 7) is 4.27. The van der Waals surface area contributed by atoms with E-state index in [2.05, 4.69) is 20.2 Å². The number of thiazole rings is 1. The molecule has 3 heterocycles. The van der Waals surface area contributed by atoms with Crippen molar-refractivity contribution in [1.82, 2.24) is 19.7 Å². The van der Waals surface area contributed by atoms with Gasteiger partial charge in [-0.2, -0.15) is 5.10 Å². The molecule has 134 valence electrons. The lowest BCUT2D eigenvalue weighted by atomic mass is 10.2. The van der Waals surface area contributed by atoms with E-state index in [0.717, 1.165) is 22.9 Å². The van der Waals surface area contributed by atoms with Gasteiger partial charge in [-0.15, -0.1) is 11.3 Å². The number of hydrogen-bond donors (Lipinski definition) is 1. The quantitative estimate of drug-likeness (QED) is 0.410.